The monoisotopic (exact) mass is 240 g/mol. The molecular formula is C9H12N2O3S. The van der Waals surface area contributed by atoms with Crippen LogP contribution >= 0.6 is 0 Å². The van der Waals surface area contributed by atoms with Crippen molar-refractivity contribution in [2.75, 3.05) is 5.32 Å². The summed E-state index contributed by atoms with van der Waals surface area (Å²) in [6.07, 6.45) is 0. The molecule has 0 unspecified atom stereocenters. The molecule has 0 bridgehead atoms. The Morgan fingerprint density at radius 1 is 1.40 bits per heavy atom. The molecule has 1 aromatic carbocycles. The van der Waals surface area contributed by atoms with Crippen molar-refractivity contribution in [1.82, 2.24) is 0 Å². The van der Waals surface area contributed by atoms with E-state index in [1.54, 1.807) is 13.0 Å². The summed E-state index contributed by atoms with van der Waals surface area (Å²) in [7, 11) is -3.69. The molecule has 0 radical (unpaired) electrons. The van der Waals surface area contributed by atoms with Crippen LogP contribution in [0.1, 0.15) is 12.5 Å². The molecule has 0 spiro atoms. The molecule has 1 aromatic rings. The first-order chi connectivity index (χ1) is 6.80. The highest BCUT2D eigenvalue weighted by Gasteiger charge is 2.11. The molecular weight excluding hydrogens is 228 g/mol. The van der Waals surface area contributed by atoms with Crippen molar-refractivity contribution in [2.24, 2.45) is 5.14 Å². The Morgan fingerprint density at radius 3 is 2.40 bits per heavy atom. The van der Waals surface area contributed by atoms with Crippen LogP contribution in [0.5, 0.6) is 0 Å². The number of amides is 1. The van der Waals surface area contributed by atoms with E-state index in [2.05, 4.69) is 5.32 Å². The molecule has 82 valence electrons. The molecule has 0 aliphatic rings. The number of nitrogens with two attached hydrogens (primary N) is 1. The van der Waals surface area contributed by atoms with Gasteiger partial charge in [-0.05, 0) is 30.7 Å². The van der Waals surface area contributed by atoms with Gasteiger partial charge in [0.2, 0.25) is 15.9 Å². The zero-order chi connectivity index (χ0) is 11.6. The second-order valence-corrected chi connectivity index (χ2v) is 4.74. The van der Waals surface area contributed by atoms with Crippen molar-refractivity contribution in [2.45, 2.75) is 18.7 Å². The van der Waals surface area contributed by atoms with Gasteiger partial charge in [-0.2, -0.15) is 0 Å². The summed E-state index contributed by atoms with van der Waals surface area (Å²) in [6.45, 7) is 2.99. The van der Waals surface area contributed by atoms with E-state index in [-0.39, 0.29) is 10.8 Å². The standard InChI is InChI=1S/C9H12N2O3S/c1-6-5-8(11-7(2)12)3-4-9(6)15(10,13)14/h3-5H,1-2H3,(H,11,12)(H2,10,13,14)/i3+2,4+2,5+2,6+2,8+2,9+2. The second-order valence-electron chi connectivity index (χ2n) is 3.21. The van der Waals surface area contributed by atoms with Crippen molar-refractivity contribution in [1.29, 1.82) is 0 Å². The Bertz CT molecular complexity index is 494. The molecule has 0 saturated carbocycles. The van der Waals surface area contributed by atoms with Gasteiger partial charge in [0.05, 0.1) is 4.90 Å². The van der Waals surface area contributed by atoms with Gasteiger partial charge < -0.3 is 5.32 Å². The molecule has 15 heavy (non-hydrogen) atoms. The molecule has 0 saturated heterocycles. The van der Waals surface area contributed by atoms with Crippen LogP contribution in [0.25, 0.3) is 0 Å². The first-order valence-electron chi connectivity index (χ1n) is 4.22. The van der Waals surface area contributed by atoms with Crippen LogP contribution < -0.4 is 10.5 Å². The SMILES string of the molecule is CC(=O)N[14c]1[14cH][14cH][14c](S(N)(=O)=O)[14c](C)[14cH]1. The Morgan fingerprint density at radius 2 is 2.00 bits per heavy atom. The fraction of sp³-hybridized carbons (Fsp3) is 0.222. The van der Waals surface area contributed by atoms with Gasteiger partial charge in [0.25, 0.3) is 0 Å². The summed E-state index contributed by atoms with van der Waals surface area (Å²) in [4.78, 5) is 10.8. The minimum atomic E-state index is -3.69. The van der Waals surface area contributed by atoms with E-state index in [0.717, 1.165) is 0 Å². The van der Waals surface area contributed by atoms with Gasteiger partial charge in [0.15, 0.2) is 0 Å². The quantitative estimate of drug-likeness (QED) is 0.793. The molecule has 0 heterocycles. The van der Waals surface area contributed by atoms with Gasteiger partial charge in [-0.1, -0.05) is 0 Å². The molecule has 0 aliphatic heterocycles. The topological polar surface area (TPSA) is 89.3 Å². The Labute approximate surface area is 88.3 Å². The number of hydrogen-bond donors (Lipinski definition) is 2. The number of aryl methyl sites for hydroxylation is 1. The predicted molar refractivity (Wildman–Crippen MR) is 56.9 cm³/mol. The van der Waals surface area contributed by atoms with Gasteiger partial charge in [-0.15, -0.1) is 0 Å². The number of nitrogens with one attached hydrogen (secondary N) is 1. The van der Waals surface area contributed by atoms with Gasteiger partial charge in [0.1, 0.15) is 0 Å². The smallest absolute Gasteiger partial charge is 0.238 e. The van der Waals surface area contributed by atoms with E-state index in [1.165, 1.54) is 19.1 Å². The van der Waals surface area contributed by atoms with E-state index in [9.17, 15) is 13.2 Å². The summed E-state index contributed by atoms with van der Waals surface area (Å²) in [5.74, 6) is -0.210. The molecule has 1 rings (SSSR count). The Kier molecular flexibility index (Phi) is 3.11. The highest BCUT2D eigenvalue weighted by molar-refractivity contribution is 7.89. The number of benzene rings is 1. The minimum Gasteiger partial charge on any atom is -0.326 e. The van der Waals surface area contributed by atoms with Crippen LogP contribution in [0.3, 0.4) is 0 Å². The van der Waals surface area contributed by atoms with Crippen LogP contribution in [0.15, 0.2) is 23.1 Å². The third-order valence-electron chi connectivity index (χ3n) is 1.80. The average molecular weight is 240 g/mol. The highest BCUT2D eigenvalue weighted by atomic mass is 32.2. The summed E-state index contributed by atoms with van der Waals surface area (Å²) < 4.78 is 22.2. The lowest BCUT2D eigenvalue weighted by molar-refractivity contribution is -0.114. The van der Waals surface area contributed by atoms with Crippen molar-refractivity contribution in [3.63, 3.8) is 0 Å². The largest absolute Gasteiger partial charge is 0.326 e. The number of anilines is 1. The molecule has 0 aromatic heterocycles. The molecule has 0 atom stereocenters. The fourth-order valence-corrected chi connectivity index (χ4v) is 2.02. The van der Waals surface area contributed by atoms with E-state index >= 15 is 0 Å². The molecule has 1 amide bonds. The predicted octanol–water partition coefficient (Wildman–Crippen LogP) is 0.601. The zero-order valence-electron chi connectivity index (χ0n) is 8.44. The van der Waals surface area contributed by atoms with Crippen LogP contribution in [-0.2, 0) is 14.8 Å². The summed E-state index contributed by atoms with van der Waals surface area (Å²) in [5, 5.41) is 7.54. The van der Waals surface area contributed by atoms with Crippen LogP contribution in [0.4, 0.5) is 5.69 Å². The summed E-state index contributed by atoms with van der Waals surface area (Å²) in [5.41, 5.74) is 1.05. The van der Waals surface area contributed by atoms with E-state index in [4.69, 9.17) is 5.14 Å². The van der Waals surface area contributed by atoms with Crippen LogP contribution in [-0.4, -0.2) is 14.3 Å². The van der Waals surface area contributed by atoms with Crippen molar-refractivity contribution < 1.29 is 13.2 Å². The average Bonchev–Trinajstić information content (AvgIpc) is 1.99. The number of sulfonamides is 1. The highest BCUT2D eigenvalue weighted by Crippen LogP contribution is 2.18. The van der Waals surface area contributed by atoms with Gasteiger partial charge >= 0.3 is 0 Å². The number of carbonyl (C=O) groups excluding carboxylic acids is 1. The molecule has 0 aliphatic carbocycles. The fourth-order valence-electron chi connectivity index (χ4n) is 1.25. The molecule has 5 nitrogen and oxygen atoms in total. The maximum atomic E-state index is 11.1. The van der Waals surface area contributed by atoms with Crippen molar-refractivity contribution in [3.05, 3.63) is 23.8 Å². The van der Waals surface area contributed by atoms with Gasteiger partial charge in [0, 0.05) is 12.6 Å². The minimum absolute atomic E-state index is 0.0663. The first kappa shape index (κ1) is 11.7. The maximum Gasteiger partial charge on any atom is 0.238 e. The van der Waals surface area contributed by atoms with Crippen molar-refractivity contribution in [3.8, 4) is 0 Å². The normalized spacial score (nSPS) is 11.1. The van der Waals surface area contributed by atoms with E-state index in [1.807, 2.05) is 0 Å². The lowest BCUT2D eigenvalue weighted by atomic mass is 10.8. The number of hydrogen-bond acceptors (Lipinski definition) is 3. The van der Waals surface area contributed by atoms with E-state index in [0.29, 0.717) is 11.3 Å². The summed E-state index contributed by atoms with van der Waals surface area (Å²) >= 11 is 0. The van der Waals surface area contributed by atoms with Crippen LogP contribution in [0.2, 0.25) is 0 Å². The van der Waals surface area contributed by atoms with Crippen LogP contribution in [0, 0.1) is 6.92 Å². The van der Waals surface area contributed by atoms with E-state index < -0.39 is 10.0 Å². The molecule has 0 fully saturated rings. The third kappa shape index (κ3) is 3.03. The lowest BCUT2D eigenvalue weighted by Gasteiger charge is -2.06. The maximum absolute atomic E-state index is 11.1. The number of rotatable bonds is 2. The number of primary sulfonamides is 1. The zero-order valence-corrected chi connectivity index (χ0v) is 9.26. The Balaban J connectivity index is 3.15. The first-order valence-corrected chi connectivity index (χ1v) is 5.76. The molecule has 3 N–H and O–H groups in total. The molecule has 6 heteroatoms. The van der Waals surface area contributed by atoms with Gasteiger partial charge in [-0.25, -0.2) is 13.6 Å². The number of carbonyl (C=O) groups is 1. The van der Waals surface area contributed by atoms with Gasteiger partial charge in [-0.3, -0.25) is 4.79 Å². The third-order valence-corrected chi connectivity index (χ3v) is 2.87. The summed E-state index contributed by atoms with van der Waals surface area (Å²) in [6, 6.07) is 4.42. The lowest BCUT2D eigenvalue weighted by Crippen LogP contribution is -2.14. The second kappa shape index (κ2) is 4.00. The Hall–Kier alpha value is -1.40. The van der Waals surface area contributed by atoms with Crippen molar-refractivity contribution >= 4 is 21.6 Å².